The van der Waals surface area contributed by atoms with Crippen molar-refractivity contribution in [2.24, 2.45) is 0 Å². The standard InChI is InChI=1S/C21H27NO4/c1-4-5-6-9-15(2)22-20(23)14-26-21(24)18-12-16-10-7-8-11-17(16)13-19(18)25-3/h7-8,10-13,15H,4-6,9,14H2,1-3H3,(H,22,23)/t15-/m0/s1. The second-order valence-corrected chi connectivity index (χ2v) is 6.44. The topological polar surface area (TPSA) is 64.6 Å². The summed E-state index contributed by atoms with van der Waals surface area (Å²) in [5, 5.41) is 4.74. The van der Waals surface area contributed by atoms with Crippen molar-refractivity contribution < 1.29 is 19.1 Å². The third-order valence-electron chi connectivity index (χ3n) is 4.27. The first kappa shape index (κ1) is 19.8. The van der Waals surface area contributed by atoms with Gasteiger partial charge in [0.1, 0.15) is 11.3 Å². The SMILES string of the molecule is CCCCC[C@H](C)NC(=O)COC(=O)c1cc2ccccc2cc1OC. The van der Waals surface area contributed by atoms with Crippen LogP contribution in [0.25, 0.3) is 10.8 Å². The smallest absolute Gasteiger partial charge is 0.342 e. The molecule has 0 heterocycles. The first-order chi connectivity index (χ1) is 12.5. The summed E-state index contributed by atoms with van der Waals surface area (Å²) in [6, 6.07) is 11.3. The van der Waals surface area contributed by atoms with Gasteiger partial charge in [0, 0.05) is 6.04 Å². The molecule has 2 aromatic carbocycles. The molecule has 5 heteroatoms. The zero-order valence-corrected chi connectivity index (χ0v) is 15.7. The van der Waals surface area contributed by atoms with Crippen LogP contribution in [-0.4, -0.2) is 31.6 Å². The Labute approximate surface area is 154 Å². The monoisotopic (exact) mass is 357 g/mol. The number of hydrogen-bond acceptors (Lipinski definition) is 4. The van der Waals surface area contributed by atoms with E-state index in [4.69, 9.17) is 9.47 Å². The van der Waals surface area contributed by atoms with E-state index in [1.165, 1.54) is 7.11 Å². The summed E-state index contributed by atoms with van der Waals surface area (Å²) < 4.78 is 10.5. The van der Waals surface area contributed by atoms with E-state index in [-0.39, 0.29) is 18.6 Å². The van der Waals surface area contributed by atoms with Crippen LogP contribution in [0.1, 0.15) is 49.9 Å². The molecule has 1 N–H and O–H groups in total. The fraction of sp³-hybridized carbons (Fsp3) is 0.429. The van der Waals surface area contributed by atoms with Gasteiger partial charge in [-0.15, -0.1) is 0 Å². The molecule has 26 heavy (non-hydrogen) atoms. The van der Waals surface area contributed by atoms with Gasteiger partial charge in [-0.2, -0.15) is 0 Å². The van der Waals surface area contributed by atoms with Gasteiger partial charge in [0.25, 0.3) is 5.91 Å². The van der Waals surface area contributed by atoms with Crippen LogP contribution in [0.4, 0.5) is 0 Å². The number of carbonyl (C=O) groups is 2. The summed E-state index contributed by atoms with van der Waals surface area (Å²) in [5.74, 6) is -0.425. The first-order valence-corrected chi connectivity index (χ1v) is 9.08. The minimum Gasteiger partial charge on any atom is -0.496 e. The molecular weight excluding hydrogens is 330 g/mol. The van der Waals surface area contributed by atoms with Gasteiger partial charge in [0.2, 0.25) is 0 Å². The highest BCUT2D eigenvalue weighted by molar-refractivity contribution is 5.99. The van der Waals surface area contributed by atoms with Gasteiger partial charge in [-0.3, -0.25) is 4.79 Å². The number of carbonyl (C=O) groups excluding carboxylic acids is 2. The van der Waals surface area contributed by atoms with Crippen molar-refractivity contribution in [1.82, 2.24) is 5.32 Å². The first-order valence-electron chi connectivity index (χ1n) is 9.08. The number of nitrogens with one attached hydrogen (secondary N) is 1. The summed E-state index contributed by atoms with van der Waals surface area (Å²) in [6.07, 6.45) is 4.29. The van der Waals surface area contributed by atoms with E-state index in [9.17, 15) is 9.59 Å². The Morgan fingerprint density at radius 3 is 2.46 bits per heavy atom. The lowest BCUT2D eigenvalue weighted by Gasteiger charge is -2.14. The lowest BCUT2D eigenvalue weighted by Crippen LogP contribution is -2.35. The molecule has 0 spiro atoms. The number of esters is 1. The lowest BCUT2D eigenvalue weighted by molar-refractivity contribution is -0.124. The van der Waals surface area contributed by atoms with Crippen molar-refractivity contribution in [2.75, 3.05) is 13.7 Å². The van der Waals surface area contributed by atoms with E-state index >= 15 is 0 Å². The molecule has 140 valence electrons. The molecule has 2 rings (SSSR count). The van der Waals surface area contributed by atoms with Crippen molar-refractivity contribution in [1.29, 1.82) is 0 Å². The zero-order valence-electron chi connectivity index (χ0n) is 15.7. The molecule has 0 radical (unpaired) electrons. The average Bonchev–Trinajstić information content (AvgIpc) is 2.65. The number of amides is 1. The summed E-state index contributed by atoms with van der Waals surface area (Å²) >= 11 is 0. The molecule has 2 aromatic rings. The van der Waals surface area contributed by atoms with Crippen molar-refractivity contribution in [3.05, 3.63) is 42.0 Å². The fourth-order valence-corrected chi connectivity index (χ4v) is 2.85. The zero-order chi connectivity index (χ0) is 18.9. The third-order valence-corrected chi connectivity index (χ3v) is 4.27. The van der Waals surface area contributed by atoms with Gasteiger partial charge < -0.3 is 14.8 Å². The highest BCUT2D eigenvalue weighted by atomic mass is 16.5. The molecule has 0 aliphatic rings. The number of ether oxygens (including phenoxy) is 2. The maximum Gasteiger partial charge on any atom is 0.342 e. The van der Waals surface area contributed by atoms with Gasteiger partial charge in [-0.25, -0.2) is 4.79 Å². The molecule has 0 aliphatic carbocycles. The molecule has 0 aromatic heterocycles. The largest absolute Gasteiger partial charge is 0.496 e. The molecular formula is C21H27NO4. The van der Waals surface area contributed by atoms with Crippen molar-refractivity contribution >= 4 is 22.6 Å². The molecule has 0 unspecified atom stereocenters. The van der Waals surface area contributed by atoms with Crippen LogP contribution < -0.4 is 10.1 Å². The molecule has 1 amide bonds. The molecule has 1 atom stereocenters. The summed E-state index contributed by atoms with van der Waals surface area (Å²) in [5.41, 5.74) is 0.315. The predicted octanol–water partition coefficient (Wildman–Crippen LogP) is 4.09. The van der Waals surface area contributed by atoms with E-state index in [0.29, 0.717) is 11.3 Å². The van der Waals surface area contributed by atoms with Gasteiger partial charge in [-0.05, 0) is 36.2 Å². The van der Waals surface area contributed by atoms with Gasteiger partial charge in [0.15, 0.2) is 6.61 Å². The van der Waals surface area contributed by atoms with Crippen LogP contribution in [-0.2, 0) is 9.53 Å². The molecule has 0 saturated carbocycles. The molecule has 0 fully saturated rings. The Morgan fingerprint density at radius 1 is 1.12 bits per heavy atom. The molecule has 0 bridgehead atoms. The maximum atomic E-state index is 12.4. The minimum absolute atomic E-state index is 0.0722. The normalized spacial score (nSPS) is 11.8. The molecule has 0 saturated heterocycles. The van der Waals surface area contributed by atoms with Gasteiger partial charge >= 0.3 is 5.97 Å². The predicted molar refractivity (Wildman–Crippen MR) is 103 cm³/mol. The highest BCUT2D eigenvalue weighted by Gasteiger charge is 2.17. The average molecular weight is 357 g/mol. The number of benzene rings is 2. The second-order valence-electron chi connectivity index (χ2n) is 6.44. The van der Waals surface area contributed by atoms with Crippen LogP contribution in [0.15, 0.2) is 36.4 Å². The van der Waals surface area contributed by atoms with E-state index < -0.39 is 5.97 Å². The van der Waals surface area contributed by atoms with E-state index in [2.05, 4.69) is 12.2 Å². The summed E-state index contributed by atoms with van der Waals surface area (Å²) in [7, 11) is 1.51. The highest BCUT2D eigenvalue weighted by Crippen LogP contribution is 2.26. The Bertz CT molecular complexity index is 757. The lowest BCUT2D eigenvalue weighted by atomic mass is 10.1. The van der Waals surface area contributed by atoms with Crippen molar-refractivity contribution in [2.45, 2.75) is 45.6 Å². The quantitative estimate of drug-likeness (QED) is 0.542. The molecule has 5 nitrogen and oxygen atoms in total. The number of fused-ring (bicyclic) bond motifs is 1. The van der Waals surface area contributed by atoms with Crippen LogP contribution in [0.5, 0.6) is 5.75 Å². The second kappa shape index (κ2) is 9.80. The van der Waals surface area contributed by atoms with Crippen LogP contribution in [0.3, 0.4) is 0 Å². The van der Waals surface area contributed by atoms with Crippen molar-refractivity contribution in [3.63, 3.8) is 0 Å². The summed E-state index contributed by atoms with van der Waals surface area (Å²) in [6.45, 7) is 3.80. The van der Waals surface area contributed by atoms with E-state index in [1.807, 2.05) is 31.2 Å². The van der Waals surface area contributed by atoms with Gasteiger partial charge in [0.05, 0.1) is 7.11 Å². The summed E-state index contributed by atoms with van der Waals surface area (Å²) in [4.78, 5) is 24.4. The third kappa shape index (κ3) is 5.48. The number of rotatable bonds is 9. The Hall–Kier alpha value is -2.56. The van der Waals surface area contributed by atoms with E-state index in [0.717, 1.165) is 36.5 Å². The van der Waals surface area contributed by atoms with Gasteiger partial charge in [-0.1, -0.05) is 50.5 Å². The Kier molecular flexibility index (Phi) is 7.45. The van der Waals surface area contributed by atoms with Crippen LogP contribution in [0.2, 0.25) is 0 Å². The van der Waals surface area contributed by atoms with Crippen LogP contribution in [0, 0.1) is 0 Å². The maximum absolute atomic E-state index is 12.4. The number of hydrogen-bond donors (Lipinski definition) is 1. The fourth-order valence-electron chi connectivity index (χ4n) is 2.85. The molecule has 0 aliphatic heterocycles. The number of methoxy groups -OCH3 is 1. The minimum atomic E-state index is -0.568. The Morgan fingerprint density at radius 2 is 1.81 bits per heavy atom. The van der Waals surface area contributed by atoms with E-state index in [1.54, 1.807) is 12.1 Å². The Balaban J connectivity index is 1.95. The number of unbranched alkanes of at least 4 members (excludes halogenated alkanes) is 2. The van der Waals surface area contributed by atoms with Crippen LogP contribution >= 0.6 is 0 Å². The van der Waals surface area contributed by atoms with Crippen molar-refractivity contribution in [3.8, 4) is 5.75 Å².